The van der Waals surface area contributed by atoms with Crippen LogP contribution in [0.15, 0.2) is 57.3 Å². The summed E-state index contributed by atoms with van der Waals surface area (Å²) in [5.41, 5.74) is 1.20. The third-order valence-corrected chi connectivity index (χ3v) is 15.8. The van der Waals surface area contributed by atoms with Gasteiger partial charge in [0.25, 0.3) is 0 Å². The lowest BCUT2D eigenvalue weighted by Crippen LogP contribution is -2.52. The Morgan fingerprint density at radius 2 is 1.38 bits per heavy atom. The molecule has 3 aliphatic heterocycles. The first kappa shape index (κ1) is 43.3. The van der Waals surface area contributed by atoms with Gasteiger partial charge in [-0.2, -0.15) is 11.8 Å². The zero-order chi connectivity index (χ0) is 39.3. The molecule has 0 bridgehead atoms. The average molecular weight is 829 g/mol. The van der Waals surface area contributed by atoms with Crippen molar-refractivity contribution >= 4 is 49.0 Å². The number of hydrogen-bond acceptors (Lipinski definition) is 9. The van der Waals surface area contributed by atoms with Crippen LogP contribution in [0.2, 0.25) is 0 Å². The molecule has 56 heavy (non-hydrogen) atoms. The van der Waals surface area contributed by atoms with Gasteiger partial charge in [0.2, 0.25) is 9.84 Å². The topological polar surface area (TPSA) is 83.0 Å². The Bertz CT molecular complexity index is 1820. The number of ether oxygens (including phenoxy) is 1. The highest BCUT2D eigenvalue weighted by Crippen LogP contribution is 2.39. The second-order valence-corrected chi connectivity index (χ2v) is 20.6. The molecule has 0 aliphatic carbocycles. The number of sulfone groups is 1. The smallest absolute Gasteiger partial charge is 0.210 e. The summed E-state index contributed by atoms with van der Waals surface area (Å²) in [7, 11) is -5.44. The lowest BCUT2D eigenvalue weighted by molar-refractivity contribution is 0.0797. The minimum atomic E-state index is -4.17. The molecule has 2 aromatic carbocycles. The van der Waals surface area contributed by atoms with E-state index in [1.807, 2.05) is 12.1 Å². The minimum absolute atomic E-state index is 0.0487. The minimum Gasteiger partial charge on any atom is -0.491 e. The zero-order valence-corrected chi connectivity index (χ0v) is 36.3. The van der Waals surface area contributed by atoms with Gasteiger partial charge < -0.3 is 14.5 Å². The van der Waals surface area contributed by atoms with Gasteiger partial charge >= 0.3 is 0 Å². The van der Waals surface area contributed by atoms with E-state index in [2.05, 4.69) is 38.4 Å². The van der Waals surface area contributed by atoms with Crippen LogP contribution in [0.3, 0.4) is 0 Å². The summed E-state index contributed by atoms with van der Waals surface area (Å²) >= 11 is 2.06. The van der Waals surface area contributed by atoms with Crippen molar-refractivity contribution in [2.75, 3.05) is 68.5 Å². The third-order valence-electron chi connectivity index (χ3n) is 12.2. The predicted octanol–water partition coefficient (Wildman–Crippen LogP) is 9.51. The molecule has 3 saturated heterocycles. The number of rotatable bonds is 20. The molecule has 3 aliphatic rings. The largest absolute Gasteiger partial charge is 0.491 e. The Hall–Kier alpha value is -2.25. The molecule has 1 unspecified atom stereocenters. The molecule has 0 saturated carbocycles. The maximum Gasteiger partial charge on any atom is 0.210 e. The molecule has 0 amide bonds. The second-order valence-electron chi connectivity index (χ2n) is 16.1. The Morgan fingerprint density at radius 1 is 0.786 bits per heavy atom. The summed E-state index contributed by atoms with van der Waals surface area (Å²) < 4.78 is 62.7. The van der Waals surface area contributed by atoms with E-state index in [1.165, 1.54) is 114 Å². The van der Waals surface area contributed by atoms with E-state index in [0.29, 0.717) is 53.3 Å². The Labute approximate surface area is 343 Å². The number of fused-ring (bicyclic) bond motifs is 1. The number of thioether (sulfide) groups is 1. The van der Waals surface area contributed by atoms with Crippen LogP contribution in [0, 0.1) is 5.82 Å². The van der Waals surface area contributed by atoms with Crippen LogP contribution in [-0.4, -0.2) is 103 Å². The highest BCUT2D eigenvalue weighted by molar-refractivity contribution is 7.99. The van der Waals surface area contributed by atoms with E-state index >= 15 is 4.39 Å². The van der Waals surface area contributed by atoms with E-state index in [1.54, 1.807) is 12.3 Å². The molecule has 4 heterocycles. The zero-order valence-electron chi connectivity index (χ0n) is 33.9. The maximum atomic E-state index is 15.5. The summed E-state index contributed by atoms with van der Waals surface area (Å²) in [5.74, 6) is 1.86. The molecular weight excluding hydrogens is 764 g/mol. The van der Waals surface area contributed by atoms with Gasteiger partial charge in [0.15, 0.2) is 11.6 Å². The number of likely N-dealkylation sites (tertiary alicyclic amines) is 1. The van der Waals surface area contributed by atoms with Gasteiger partial charge in [-0.1, -0.05) is 77.6 Å². The fraction of sp³-hybridized carbons (Fsp3) is 0.659. The monoisotopic (exact) mass is 828 g/mol. The van der Waals surface area contributed by atoms with Crippen LogP contribution >= 0.6 is 11.8 Å². The van der Waals surface area contributed by atoms with Crippen molar-refractivity contribution in [2.24, 2.45) is 0 Å². The number of aromatic nitrogens is 1. The quantitative estimate of drug-likeness (QED) is 0.104. The number of benzene rings is 2. The van der Waals surface area contributed by atoms with Gasteiger partial charge in [0.1, 0.15) is 4.90 Å². The number of nitrogens with zero attached hydrogens (tertiary/aromatic N) is 4. The summed E-state index contributed by atoms with van der Waals surface area (Å²) in [6.07, 6.45) is 22.1. The van der Waals surface area contributed by atoms with Crippen molar-refractivity contribution < 1.29 is 21.8 Å². The van der Waals surface area contributed by atoms with E-state index in [4.69, 9.17) is 4.74 Å². The Kier molecular flexibility index (Phi) is 16.8. The van der Waals surface area contributed by atoms with Crippen molar-refractivity contribution in [2.45, 2.75) is 136 Å². The van der Waals surface area contributed by atoms with Crippen molar-refractivity contribution in [3.05, 3.63) is 48.4 Å². The van der Waals surface area contributed by atoms with E-state index < -0.39 is 26.5 Å². The third kappa shape index (κ3) is 11.5. The van der Waals surface area contributed by atoms with Gasteiger partial charge in [-0.05, 0) is 81.6 Å². The van der Waals surface area contributed by atoms with Gasteiger partial charge in [0.05, 0.1) is 22.7 Å². The average Bonchev–Trinajstić information content (AvgIpc) is 3.22. The van der Waals surface area contributed by atoms with Gasteiger partial charge in [-0.25, -0.2) is 12.8 Å². The first-order valence-electron chi connectivity index (χ1n) is 21.5. The first-order valence-corrected chi connectivity index (χ1v) is 25.7. The van der Waals surface area contributed by atoms with E-state index in [-0.39, 0.29) is 15.5 Å². The highest BCUT2D eigenvalue weighted by Gasteiger charge is 2.34. The molecule has 3 aromatic rings. The number of hydrogen-bond donors (Lipinski definition) is 0. The molecule has 310 valence electrons. The Balaban J connectivity index is 1.08. The second kappa shape index (κ2) is 21.7. The van der Waals surface area contributed by atoms with Crippen LogP contribution in [0.1, 0.15) is 110 Å². The number of anilines is 1. The van der Waals surface area contributed by atoms with Crippen LogP contribution in [0.5, 0.6) is 5.75 Å². The lowest BCUT2D eigenvalue weighted by Gasteiger charge is -2.45. The Morgan fingerprint density at radius 3 is 1.98 bits per heavy atom. The normalized spacial score (nSPS) is 18.8. The van der Waals surface area contributed by atoms with Gasteiger partial charge in [0, 0.05) is 83.3 Å². The fourth-order valence-electron chi connectivity index (χ4n) is 8.87. The van der Waals surface area contributed by atoms with Gasteiger partial charge in [-0.3, -0.25) is 14.1 Å². The van der Waals surface area contributed by atoms with Crippen LogP contribution < -0.4 is 9.64 Å². The molecule has 6 rings (SSSR count). The van der Waals surface area contributed by atoms with Crippen LogP contribution in [0.25, 0.3) is 10.9 Å². The molecule has 1 aromatic heterocycles. The first-order chi connectivity index (χ1) is 27.3. The van der Waals surface area contributed by atoms with Crippen molar-refractivity contribution in [3.8, 4) is 5.75 Å². The molecule has 8 nitrogen and oxygen atoms in total. The summed E-state index contributed by atoms with van der Waals surface area (Å²) in [5, 5.41) is 0.653. The maximum absolute atomic E-state index is 15.5. The van der Waals surface area contributed by atoms with Crippen LogP contribution in [0.4, 0.5) is 10.1 Å². The fourth-order valence-corrected chi connectivity index (χ4v) is 11.8. The molecule has 12 heteroatoms. The van der Waals surface area contributed by atoms with Crippen molar-refractivity contribution in [1.29, 1.82) is 0 Å². The number of halogens is 1. The lowest BCUT2D eigenvalue weighted by atomic mass is 9.96. The molecule has 0 spiro atoms. The predicted molar refractivity (Wildman–Crippen MR) is 231 cm³/mol. The summed E-state index contributed by atoms with van der Waals surface area (Å²) in [6, 6.07) is 10.5. The number of unbranched alkanes of at least 4 members (excludes halogenated alkanes) is 11. The number of pyridine rings is 1. The standard InChI is InChI=1S/C44H65FN4O4S3/c1-3-4-5-6-7-8-9-10-11-12-13-14-29-53-42-18-16-38(33-40(42)45)56(51,52)43-34-46-41-17-15-37(55(2)50)32-39(41)44(43)49-25-21-35(22-26-49)47-23-19-36(20-24-47)48-27-30-54-31-28-48/h15-18,32-36H,3-14,19-31H2,1-2H3. The highest BCUT2D eigenvalue weighted by atomic mass is 32.2. The van der Waals surface area contributed by atoms with E-state index in [9.17, 15) is 12.6 Å². The molecule has 0 radical (unpaired) electrons. The summed E-state index contributed by atoms with van der Waals surface area (Å²) in [6.45, 7) is 8.64. The SMILES string of the molecule is CCCCCCCCCCCCCCOc1ccc(S(=O)(=O)c2cnc3ccc(S(C)=O)cc3c2N2CCC(N3CCC(N4CCSCC4)CC3)CC2)cc1F. The van der Waals surface area contributed by atoms with E-state index in [0.717, 1.165) is 51.3 Å². The van der Waals surface area contributed by atoms with Crippen molar-refractivity contribution in [1.82, 2.24) is 14.8 Å². The molecular formula is C44H65FN4O4S3. The van der Waals surface area contributed by atoms with Crippen molar-refractivity contribution in [3.63, 3.8) is 0 Å². The van der Waals surface area contributed by atoms with Gasteiger partial charge in [-0.15, -0.1) is 0 Å². The molecule has 3 fully saturated rings. The molecule has 1 atom stereocenters. The molecule has 0 N–H and O–H groups in total. The summed E-state index contributed by atoms with van der Waals surface area (Å²) in [4.78, 5) is 12.6. The van der Waals surface area contributed by atoms with Crippen LogP contribution in [-0.2, 0) is 20.6 Å². The number of piperidine rings is 2.